The van der Waals surface area contributed by atoms with E-state index in [1.54, 1.807) is 6.07 Å². The molecular formula is C15H17NO5. The van der Waals surface area contributed by atoms with Gasteiger partial charge in [-0.05, 0) is 24.5 Å². The van der Waals surface area contributed by atoms with E-state index in [2.05, 4.69) is 0 Å². The Hall–Kier alpha value is -2.50. The second-order valence-corrected chi connectivity index (χ2v) is 4.96. The SMILES string of the molecule is CC(=O)C(=Cc1cccc([N+](=O)[O-])c1)C(=O)OCC(C)C. The summed E-state index contributed by atoms with van der Waals surface area (Å²) in [4.78, 5) is 33.6. The van der Waals surface area contributed by atoms with Gasteiger partial charge in [0, 0.05) is 12.1 Å². The van der Waals surface area contributed by atoms with Gasteiger partial charge in [0.15, 0.2) is 5.78 Å². The number of carbonyl (C=O) groups excluding carboxylic acids is 2. The molecule has 6 nitrogen and oxygen atoms in total. The van der Waals surface area contributed by atoms with Crippen molar-refractivity contribution in [2.45, 2.75) is 20.8 Å². The van der Waals surface area contributed by atoms with E-state index < -0.39 is 16.7 Å². The zero-order valence-corrected chi connectivity index (χ0v) is 12.2. The molecule has 1 aromatic carbocycles. The third-order valence-electron chi connectivity index (χ3n) is 2.54. The van der Waals surface area contributed by atoms with E-state index in [1.165, 1.54) is 31.2 Å². The van der Waals surface area contributed by atoms with Crippen LogP contribution in [0.1, 0.15) is 26.3 Å². The largest absolute Gasteiger partial charge is 0.462 e. The Balaban J connectivity index is 3.05. The third-order valence-corrected chi connectivity index (χ3v) is 2.54. The van der Waals surface area contributed by atoms with Crippen molar-refractivity contribution in [3.63, 3.8) is 0 Å². The number of esters is 1. The zero-order chi connectivity index (χ0) is 16.0. The summed E-state index contributed by atoms with van der Waals surface area (Å²) >= 11 is 0. The number of nitro groups is 1. The van der Waals surface area contributed by atoms with Crippen molar-refractivity contribution in [3.05, 3.63) is 45.5 Å². The van der Waals surface area contributed by atoms with Crippen LogP contribution in [0.3, 0.4) is 0 Å². The molecule has 6 heteroatoms. The molecule has 0 atom stereocenters. The standard InChI is InChI=1S/C15H17NO5/c1-10(2)9-21-15(18)14(11(3)17)8-12-5-4-6-13(7-12)16(19)20/h4-8,10H,9H2,1-3H3. The molecule has 0 unspecified atom stereocenters. The summed E-state index contributed by atoms with van der Waals surface area (Å²) in [5, 5.41) is 10.7. The van der Waals surface area contributed by atoms with Crippen LogP contribution < -0.4 is 0 Å². The first-order valence-electron chi connectivity index (χ1n) is 6.45. The molecular weight excluding hydrogens is 274 g/mol. The average molecular weight is 291 g/mol. The Morgan fingerprint density at radius 3 is 2.57 bits per heavy atom. The van der Waals surface area contributed by atoms with Crippen LogP contribution in [0, 0.1) is 16.0 Å². The summed E-state index contributed by atoms with van der Waals surface area (Å²) in [5.74, 6) is -1.02. The lowest BCUT2D eigenvalue weighted by atomic mass is 10.1. The fourth-order valence-electron chi connectivity index (χ4n) is 1.52. The number of ether oxygens (including phenoxy) is 1. The van der Waals surface area contributed by atoms with Crippen molar-refractivity contribution >= 4 is 23.5 Å². The van der Waals surface area contributed by atoms with E-state index in [1.807, 2.05) is 13.8 Å². The predicted octanol–water partition coefficient (Wildman–Crippen LogP) is 2.77. The third kappa shape index (κ3) is 5.18. The maximum atomic E-state index is 11.9. The number of nitrogens with zero attached hydrogens (tertiary/aromatic N) is 1. The van der Waals surface area contributed by atoms with Crippen LogP contribution in [-0.2, 0) is 14.3 Å². The fourth-order valence-corrected chi connectivity index (χ4v) is 1.52. The Labute approximate surface area is 122 Å². The number of hydrogen-bond donors (Lipinski definition) is 0. The molecule has 1 rings (SSSR count). The summed E-state index contributed by atoms with van der Waals surface area (Å²) in [5.41, 5.74) is 0.161. The molecule has 0 saturated carbocycles. The molecule has 1 aromatic rings. The lowest BCUT2D eigenvalue weighted by Gasteiger charge is -2.08. The molecule has 21 heavy (non-hydrogen) atoms. The minimum absolute atomic E-state index is 0.109. The van der Waals surface area contributed by atoms with Gasteiger partial charge < -0.3 is 4.74 Å². The monoisotopic (exact) mass is 291 g/mol. The minimum Gasteiger partial charge on any atom is -0.462 e. The number of carbonyl (C=O) groups is 2. The summed E-state index contributed by atoms with van der Waals surface area (Å²) in [6, 6.07) is 5.69. The maximum absolute atomic E-state index is 11.9. The lowest BCUT2D eigenvalue weighted by molar-refractivity contribution is -0.384. The second kappa shape index (κ2) is 7.33. The number of ketones is 1. The van der Waals surface area contributed by atoms with E-state index in [4.69, 9.17) is 4.74 Å². The Kier molecular flexibility index (Phi) is 5.78. The zero-order valence-electron chi connectivity index (χ0n) is 12.2. The molecule has 0 N–H and O–H groups in total. The Morgan fingerprint density at radius 2 is 2.05 bits per heavy atom. The number of nitro benzene ring substituents is 1. The average Bonchev–Trinajstić information content (AvgIpc) is 2.42. The highest BCUT2D eigenvalue weighted by atomic mass is 16.6. The highest BCUT2D eigenvalue weighted by molar-refractivity contribution is 6.19. The molecule has 0 fully saturated rings. The molecule has 0 bridgehead atoms. The summed E-state index contributed by atoms with van der Waals surface area (Å²) in [6.45, 7) is 5.22. The van der Waals surface area contributed by atoms with Gasteiger partial charge in [0.1, 0.15) is 5.57 Å². The molecule has 0 spiro atoms. The smallest absolute Gasteiger partial charge is 0.341 e. The van der Waals surface area contributed by atoms with Gasteiger partial charge in [-0.2, -0.15) is 0 Å². The second-order valence-electron chi connectivity index (χ2n) is 4.96. The molecule has 0 aromatic heterocycles. The van der Waals surface area contributed by atoms with E-state index >= 15 is 0 Å². The van der Waals surface area contributed by atoms with Crippen LogP contribution in [0.5, 0.6) is 0 Å². The van der Waals surface area contributed by atoms with Crippen molar-refractivity contribution in [1.29, 1.82) is 0 Å². The minimum atomic E-state index is -0.720. The van der Waals surface area contributed by atoms with Crippen LogP contribution in [0.15, 0.2) is 29.8 Å². The summed E-state index contributed by atoms with van der Waals surface area (Å²) < 4.78 is 5.01. The summed E-state index contributed by atoms with van der Waals surface area (Å²) in [7, 11) is 0. The number of rotatable bonds is 6. The van der Waals surface area contributed by atoms with Gasteiger partial charge in [0.05, 0.1) is 11.5 Å². The first-order valence-corrected chi connectivity index (χ1v) is 6.45. The molecule has 0 aliphatic heterocycles. The number of non-ortho nitro benzene ring substituents is 1. The van der Waals surface area contributed by atoms with E-state index in [9.17, 15) is 19.7 Å². The van der Waals surface area contributed by atoms with Crippen LogP contribution >= 0.6 is 0 Å². The first kappa shape index (κ1) is 16.6. The first-order chi connectivity index (χ1) is 9.81. The maximum Gasteiger partial charge on any atom is 0.341 e. The molecule has 0 heterocycles. The molecule has 0 aliphatic rings. The molecule has 0 aliphatic carbocycles. The molecule has 0 amide bonds. The Morgan fingerprint density at radius 1 is 1.38 bits per heavy atom. The van der Waals surface area contributed by atoms with Crippen molar-refractivity contribution in [1.82, 2.24) is 0 Å². The topological polar surface area (TPSA) is 86.5 Å². The highest BCUT2D eigenvalue weighted by Gasteiger charge is 2.17. The van der Waals surface area contributed by atoms with Gasteiger partial charge in [-0.3, -0.25) is 14.9 Å². The molecule has 0 radical (unpaired) electrons. The van der Waals surface area contributed by atoms with Crippen molar-refractivity contribution in [3.8, 4) is 0 Å². The Bertz CT molecular complexity index is 589. The fraction of sp³-hybridized carbons (Fsp3) is 0.333. The highest BCUT2D eigenvalue weighted by Crippen LogP contribution is 2.16. The van der Waals surface area contributed by atoms with Gasteiger partial charge >= 0.3 is 5.97 Å². The van der Waals surface area contributed by atoms with Gasteiger partial charge in [-0.15, -0.1) is 0 Å². The van der Waals surface area contributed by atoms with Crippen molar-refractivity contribution in [2.24, 2.45) is 5.92 Å². The summed E-state index contributed by atoms with van der Waals surface area (Å²) in [6.07, 6.45) is 1.30. The molecule has 0 saturated heterocycles. The van der Waals surface area contributed by atoms with Crippen molar-refractivity contribution in [2.75, 3.05) is 6.61 Å². The van der Waals surface area contributed by atoms with E-state index in [-0.39, 0.29) is 23.8 Å². The van der Waals surface area contributed by atoms with Gasteiger partial charge in [0.2, 0.25) is 0 Å². The van der Waals surface area contributed by atoms with E-state index in [0.717, 1.165) is 0 Å². The normalized spacial score (nSPS) is 11.3. The number of hydrogen-bond acceptors (Lipinski definition) is 5. The molecule has 112 valence electrons. The van der Waals surface area contributed by atoms with Gasteiger partial charge in [-0.25, -0.2) is 4.79 Å². The van der Waals surface area contributed by atoms with Crippen LogP contribution in [0.25, 0.3) is 6.08 Å². The lowest BCUT2D eigenvalue weighted by Crippen LogP contribution is -2.16. The van der Waals surface area contributed by atoms with Crippen molar-refractivity contribution < 1.29 is 19.2 Å². The van der Waals surface area contributed by atoms with E-state index in [0.29, 0.717) is 5.56 Å². The van der Waals surface area contributed by atoms with Gasteiger partial charge in [-0.1, -0.05) is 26.0 Å². The van der Waals surface area contributed by atoms with Gasteiger partial charge in [0.25, 0.3) is 5.69 Å². The van der Waals surface area contributed by atoms with Crippen LogP contribution in [0.4, 0.5) is 5.69 Å². The number of Topliss-reactive ketones (excluding diaryl/α,β-unsaturated/α-hetero) is 1. The predicted molar refractivity (Wildman–Crippen MR) is 77.6 cm³/mol. The van der Waals surface area contributed by atoms with Crippen LogP contribution in [-0.4, -0.2) is 23.3 Å². The van der Waals surface area contributed by atoms with Crippen LogP contribution in [0.2, 0.25) is 0 Å². The number of benzene rings is 1. The quantitative estimate of drug-likeness (QED) is 0.201.